The van der Waals surface area contributed by atoms with Gasteiger partial charge in [0.1, 0.15) is 5.75 Å². The van der Waals surface area contributed by atoms with Gasteiger partial charge >= 0.3 is 0 Å². The van der Waals surface area contributed by atoms with E-state index in [-0.39, 0.29) is 17.3 Å². The number of nitrogens with one attached hydrogen (secondary N) is 1. The van der Waals surface area contributed by atoms with E-state index in [1.165, 1.54) is 13.2 Å². The van der Waals surface area contributed by atoms with Crippen LogP contribution in [0.15, 0.2) is 51.9 Å². The Kier molecular flexibility index (Phi) is 5.06. The zero-order chi connectivity index (χ0) is 18.7. The van der Waals surface area contributed by atoms with Crippen molar-refractivity contribution in [3.05, 3.63) is 59.5 Å². The molecule has 3 aromatic rings. The summed E-state index contributed by atoms with van der Waals surface area (Å²) in [6.07, 6.45) is 0. The van der Waals surface area contributed by atoms with Crippen LogP contribution < -0.4 is 9.46 Å². The van der Waals surface area contributed by atoms with Crippen molar-refractivity contribution in [1.29, 1.82) is 0 Å². The van der Waals surface area contributed by atoms with Crippen molar-refractivity contribution >= 4 is 10.0 Å². The summed E-state index contributed by atoms with van der Waals surface area (Å²) >= 11 is 0. The zero-order valence-corrected chi connectivity index (χ0v) is 15.5. The molecule has 0 radical (unpaired) electrons. The summed E-state index contributed by atoms with van der Waals surface area (Å²) in [5.41, 5.74) is 2.47. The molecule has 0 aliphatic heterocycles. The predicted molar refractivity (Wildman–Crippen MR) is 96.2 cm³/mol. The van der Waals surface area contributed by atoms with Gasteiger partial charge in [0, 0.05) is 5.56 Å². The third-order valence-corrected chi connectivity index (χ3v) is 5.39. The fraction of sp³-hybridized carbons (Fsp3) is 0.222. The Morgan fingerprint density at radius 3 is 2.65 bits per heavy atom. The monoisotopic (exact) mass is 373 g/mol. The van der Waals surface area contributed by atoms with Gasteiger partial charge in [-0.15, -0.1) is 0 Å². The standard InChI is InChI=1S/C18H19N3O4S/c1-12-5-4-6-14(9-12)18-20-17(25-21-18)11-19-26(22,23)16-8-7-15(24-3)10-13(16)2/h4-10,19H,11H2,1-3H3. The van der Waals surface area contributed by atoms with Crippen molar-refractivity contribution in [2.75, 3.05) is 7.11 Å². The van der Waals surface area contributed by atoms with Crippen LogP contribution in [0.4, 0.5) is 0 Å². The maximum atomic E-state index is 12.5. The molecule has 1 N–H and O–H groups in total. The molecule has 0 aliphatic rings. The van der Waals surface area contributed by atoms with Crippen LogP contribution in [-0.2, 0) is 16.6 Å². The van der Waals surface area contributed by atoms with E-state index >= 15 is 0 Å². The van der Waals surface area contributed by atoms with Crippen molar-refractivity contribution in [2.45, 2.75) is 25.3 Å². The zero-order valence-electron chi connectivity index (χ0n) is 14.7. The quantitative estimate of drug-likeness (QED) is 0.714. The van der Waals surface area contributed by atoms with Gasteiger partial charge in [-0.3, -0.25) is 0 Å². The van der Waals surface area contributed by atoms with Gasteiger partial charge in [-0.05, 0) is 43.7 Å². The molecular formula is C18H19N3O4S. The molecule has 0 aliphatic carbocycles. The van der Waals surface area contributed by atoms with Crippen molar-refractivity contribution in [3.63, 3.8) is 0 Å². The summed E-state index contributed by atoms with van der Waals surface area (Å²) in [5, 5.41) is 3.90. The van der Waals surface area contributed by atoms with Gasteiger partial charge < -0.3 is 9.26 Å². The van der Waals surface area contributed by atoms with E-state index in [2.05, 4.69) is 14.9 Å². The first-order chi connectivity index (χ1) is 12.4. The van der Waals surface area contributed by atoms with Crippen molar-refractivity contribution < 1.29 is 17.7 Å². The van der Waals surface area contributed by atoms with Crippen LogP contribution in [-0.4, -0.2) is 25.7 Å². The van der Waals surface area contributed by atoms with E-state index in [0.717, 1.165) is 11.1 Å². The number of hydrogen-bond donors (Lipinski definition) is 1. The summed E-state index contributed by atoms with van der Waals surface area (Å²) < 4.78 is 37.7. The number of hydrogen-bond acceptors (Lipinski definition) is 6. The summed E-state index contributed by atoms with van der Waals surface area (Å²) in [7, 11) is -2.18. The number of methoxy groups -OCH3 is 1. The highest BCUT2D eigenvalue weighted by molar-refractivity contribution is 7.89. The topological polar surface area (TPSA) is 94.3 Å². The van der Waals surface area contributed by atoms with Gasteiger partial charge in [0.25, 0.3) is 0 Å². The molecule has 0 saturated heterocycles. The summed E-state index contributed by atoms with van der Waals surface area (Å²) in [6.45, 7) is 3.59. The van der Waals surface area contributed by atoms with Crippen LogP contribution in [0.1, 0.15) is 17.0 Å². The molecule has 0 atom stereocenters. The highest BCUT2D eigenvalue weighted by Gasteiger charge is 2.19. The van der Waals surface area contributed by atoms with Crippen LogP contribution in [0.25, 0.3) is 11.4 Å². The molecule has 0 unspecified atom stereocenters. The van der Waals surface area contributed by atoms with Crippen molar-refractivity contribution in [1.82, 2.24) is 14.9 Å². The molecule has 0 spiro atoms. The molecule has 0 bridgehead atoms. The number of rotatable bonds is 6. The second-order valence-corrected chi connectivity index (χ2v) is 7.57. The predicted octanol–water partition coefficient (Wildman–Crippen LogP) is 2.84. The van der Waals surface area contributed by atoms with Crippen molar-refractivity contribution in [2.24, 2.45) is 0 Å². The molecule has 136 valence electrons. The maximum absolute atomic E-state index is 12.5. The number of aromatic nitrogens is 2. The third-order valence-electron chi connectivity index (χ3n) is 3.83. The molecule has 26 heavy (non-hydrogen) atoms. The van der Waals surface area contributed by atoms with Gasteiger partial charge in [-0.2, -0.15) is 4.98 Å². The second kappa shape index (κ2) is 7.27. The van der Waals surface area contributed by atoms with Gasteiger partial charge in [0.05, 0.1) is 18.6 Å². The van der Waals surface area contributed by atoms with E-state index in [1.54, 1.807) is 19.1 Å². The Morgan fingerprint density at radius 1 is 1.15 bits per heavy atom. The molecule has 1 heterocycles. The second-order valence-electron chi connectivity index (χ2n) is 5.84. The molecule has 8 heteroatoms. The number of benzene rings is 2. The van der Waals surface area contributed by atoms with Crippen LogP contribution in [0, 0.1) is 13.8 Å². The highest BCUT2D eigenvalue weighted by atomic mass is 32.2. The highest BCUT2D eigenvalue weighted by Crippen LogP contribution is 2.21. The molecule has 3 rings (SSSR count). The molecule has 0 saturated carbocycles. The summed E-state index contributed by atoms with van der Waals surface area (Å²) in [6, 6.07) is 12.4. The van der Waals surface area contributed by atoms with Crippen molar-refractivity contribution in [3.8, 4) is 17.1 Å². The fourth-order valence-electron chi connectivity index (χ4n) is 2.51. The van der Waals surface area contributed by atoms with E-state index in [0.29, 0.717) is 17.1 Å². The Hall–Kier alpha value is -2.71. The number of aryl methyl sites for hydroxylation is 2. The smallest absolute Gasteiger partial charge is 0.242 e. The third kappa shape index (κ3) is 3.92. The normalized spacial score (nSPS) is 11.5. The lowest BCUT2D eigenvalue weighted by Gasteiger charge is -2.09. The molecule has 1 aromatic heterocycles. The lowest BCUT2D eigenvalue weighted by molar-refractivity contribution is 0.376. The van der Waals surface area contributed by atoms with Gasteiger partial charge in [-0.25, -0.2) is 13.1 Å². The number of sulfonamides is 1. The minimum atomic E-state index is -3.71. The minimum absolute atomic E-state index is 0.0907. The Balaban J connectivity index is 1.74. The van der Waals surface area contributed by atoms with Gasteiger partial charge in [-0.1, -0.05) is 28.9 Å². The average Bonchev–Trinajstić information content (AvgIpc) is 3.09. The first-order valence-electron chi connectivity index (χ1n) is 7.93. The van der Waals surface area contributed by atoms with E-state index in [1.807, 2.05) is 31.2 Å². The number of ether oxygens (including phenoxy) is 1. The van der Waals surface area contributed by atoms with Gasteiger partial charge in [0.2, 0.25) is 21.7 Å². The summed E-state index contributed by atoms with van der Waals surface area (Å²) in [5.74, 6) is 1.21. The van der Waals surface area contributed by atoms with Crippen LogP contribution in [0.5, 0.6) is 5.75 Å². The minimum Gasteiger partial charge on any atom is -0.497 e. The van der Waals surface area contributed by atoms with E-state index < -0.39 is 10.0 Å². The van der Waals surface area contributed by atoms with E-state index in [9.17, 15) is 8.42 Å². The van der Waals surface area contributed by atoms with Crippen LogP contribution in [0.2, 0.25) is 0 Å². The first-order valence-corrected chi connectivity index (χ1v) is 9.41. The largest absolute Gasteiger partial charge is 0.497 e. The average molecular weight is 373 g/mol. The Bertz CT molecular complexity index is 1030. The molecule has 7 nitrogen and oxygen atoms in total. The van der Waals surface area contributed by atoms with E-state index in [4.69, 9.17) is 9.26 Å². The molecule has 2 aromatic carbocycles. The summed E-state index contributed by atoms with van der Waals surface area (Å²) in [4.78, 5) is 4.42. The van der Waals surface area contributed by atoms with Crippen LogP contribution in [0.3, 0.4) is 0 Å². The van der Waals surface area contributed by atoms with Crippen LogP contribution >= 0.6 is 0 Å². The Labute approximate surface area is 152 Å². The molecular weight excluding hydrogens is 354 g/mol. The first kappa shape index (κ1) is 18.1. The molecule has 0 amide bonds. The SMILES string of the molecule is COc1ccc(S(=O)(=O)NCc2nc(-c3cccc(C)c3)no2)c(C)c1. The lowest BCUT2D eigenvalue weighted by atomic mass is 10.1. The Morgan fingerprint density at radius 2 is 1.96 bits per heavy atom. The fourth-order valence-corrected chi connectivity index (χ4v) is 3.71. The lowest BCUT2D eigenvalue weighted by Crippen LogP contribution is -2.24. The van der Waals surface area contributed by atoms with Gasteiger partial charge in [0.15, 0.2) is 0 Å². The number of nitrogens with zero attached hydrogens (tertiary/aromatic N) is 2. The molecule has 0 fully saturated rings. The maximum Gasteiger partial charge on any atom is 0.242 e.